The van der Waals surface area contributed by atoms with Gasteiger partial charge in [-0.3, -0.25) is 0 Å². The normalized spacial score (nSPS) is 9.30. The molecule has 57 heavy (non-hydrogen) atoms. The zero-order valence-electron chi connectivity index (χ0n) is 35.1. The third-order valence-corrected chi connectivity index (χ3v) is 8.69. The van der Waals surface area contributed by atoms with Gasteiger partial charge in [0.25, 0.3) is 0 Å². The molecule has 0 heterocycles. The number of nitrogens with two attached hydrogens (primary N) is 2. The Morgan fingerprint density at radius 1 is 0.632 bits per heavy atom. The standard InChI is InChI=1S/C23H20S.C11H11N2.C11H10.C2H6.C2H4.CH3N.2CH3.Ca/c1-4-17-11-13-22(20-9-7-6-8-19(17)20)21-12-10-16(3)18(5-2)23(21)14-15-24;1-7-2-3-8-6-9(12)4-5-10(8)11(7)13;1-9-6-7-10-4-2-3-5-11(10)8-9;3*1-2;;;/h4-15,24H,1-2H2,3H3;3-6H,12-13H2,1H3;2-8H,1H3;1-2H3;1-2H2;2H,1H2;2*1H3;/q;-1;;;;;2*-1;+2/b15-14-;;;;;;;;. The first kappa shape index (κ1) is 54.3. The molecular weight excluding hydrogens is 739 g/mol. The topological polar surface area (TPSA) is 75.9 Å². The molecule has 0 aliphatic carbocycles. The second-order valence-electron chi connectivity index (χ2n) is 11.8. The van der Waals surface area contributed by atoms with E-state index >= 15 is 0 Å². The Labute approximate surface area is 379 Å². The molecule has 0 fully saturated rings. The zero-order valence-corrected chi connectivity index (χ0v) is 38.2. The minimum absolute atomic E-state index is 0. The molecule has 5 N–H and O–H groups in total. The summed E-state index contributed by atoms with van der Waals surface area (Å²) >= 11 is 4.29. The number of hydrogen-bond donors (Lipinski definition) is 4. The molecule has 0 saturated carbocycles. The van der Waals surface area contributed by atoms with Gasteiger partial charge in [-0.05, 0) is 93.0 Å². The van der Waals surface area contributed by atoms with E-state index in [9.17, 15) is 0 Å². The van der Waals surface area contributed by atoms with Crippen molar-refractivity contribution in [1.29, 1.82) is 5.41 Å². The van der Waals surface area contributed by atoms with Crippen LogP contribution in [-0.4, -0.2) is 44.5 Å². The van der Waals surface area contributed by atoms with Crippen LogP contribution in [0.3, 0.4) is 0 Å². The molecule has 7 aromatic carbocycles. The summed E-state index contributed by atoms with van der Waals surface area (Å²) in [5.74, 6) is 0. The van der Waals surface area contributed by atoms with Crippen LogP contribution in [0.1, 0.15) is 47.2 Å². The predicted octanol–water partition coefficient (Wildman–Crippen LogP) is 14.9. The van der Waals surface area contributed by atoms with Gasteiger partial charge in [0.05, 0.1) is 0 Å². The van der Waals surface area contributed by atoms with E-state index in [1.807, 2.05) is 63.3 Å². The average Bonchev–Trinajstić information content (AvgIpc) is 3.22. The summed E-state index contributed by atoms with van der Waals surface area (Å²) in [6.07, 6.45) is 5.87. The number of hydrogen-bond acceptors (Lipinski definition) is 4. The van der Waals surface area contributed by atoms with E-state index in [0.29, 0.717) is 0 Å². The Morgan fingerprint density at radius 3 is 1.84 bits per heavy atom. The van der Waals surface area contributed by atoms with Crippen LogP contribution in [0.5, 0.6) is 0 Å². The Kier molecular flexibility index (Phi) is 27.2. The number of rotatable bonds is 4. The second-order valence-corrected chi connectivity index (χ2v) is 12.1. The van der Waals surface area contributed by atoms with Gasteiger partial charge in [0.15, 0.2) is 0 Å². The average molecular weight is 799 g/mol. The van der Waals surface area contributed by atoms with Crippen molar-refractivity contribution in [3.8, 4) is 11.1 Å². The van der Waals surface area contributed by atoms with Crippen molar-refractivity contribution in [2.24, 2.45) is 0 Å². The smallest absolute Gasteiger partial charge is 0.449 e. The number of anilines is 2. The number of fused-ring (bicyclic) bond motifs is 3. The Morgan fingerprint density at radius 2 is 1.23 bits per heavy atom. The van der Waals surface area contributed by atoms with Gasteiger partial charge in [-0.15, -0.1) is 29.5 Å². The van der Waals surface area contributed by atoms with Crippen LogP contribution in [0, 0.1) is 47.1 Å². The van der Waals surface area contributed by atoms with Gasteiger partial charge in [0.1, 0.15) is 0 Å². The first-order chi connectivity index (χ1) is 26.2. The molecular formula is C52H60CaN3S-. The first-order valence-corrected chi connectivity index (χ1v) is 18.3. The van der Waals surface area contributed by atoms with Crippen LogP contribution in [0.15, 0.2) is 147 Å². The zero-order chi connectivity index (χ0) is 40.2. The van der Waals surface area contributed by atoms with Gasteiger partial charge in [-0.1, -0.05) is 160 Å². The van der Waals surface area contributed by atoms with Crippen LogP contribution in [0.2, 0.25) is 0 Å². The molecule has 0 aliphatic rings. The van der Waals surface area contributed by atoms with Crippen LogP contribution >= 0.6 is 12.6 Å². The fourth-order valence-corrected chi connectivity index (χ4v) is 6.11. The maximum Gasteiger partial charge on any atom is 2.00 e. The fourth-order valence-electron chi connectivity index (χ4n) is 5.96. The molecule has 0 atom stereocenters. The quantitative estimate of drug-likeness (QED) is 0.0357. The molecule has 7 rings (SSSR count). The predicted molar refractivity (Wildman–Crippen MR) is 268 cm³/mol. The van der Waals surface area contributed by atoms with Gasteiger partial charge in [0, 0.05) is 5.69 Å². The fraction of sp³-hybridized carbons (Fsp3) is 0.0962. The summed E-state index contributed by atoms with van der Waals surface area (Å²) in [4.78, 5) is 0. The van der Waals surface area contributed by atoms with Crippen molar-refractivity contribution in [2.75, 3.05) is 11.5 Å². The largest absolute Gasteiger partial charge is 2.00 e. The van der Waals surface area contributed by atoms with E-state index < -0.39 is 0 Å². The van der Waals surface area contributed by atoms with E-state index in [2.05, 4.69) is 157 Å². The molecule has 0 spiro atoms. The number of aryl methyl sites for hydroxylation is 3. The van der Waals surface area contributed by atoms with E-state index in [1.165, 1.54) is 43.8 Å². The van der Waals surface area contributed by atoms with Gasteiger partial charge in [0.2, 0.25) is 0 Å². The molecule has 5 heteroatoms. The van der Waals surface area contributed by atoms with Crippen molar-refractivity contribution in [2.45, 2.75) is 34.6 Å². The third-order valence-electron chi connectivity index (χ3n) is 8.54. The van der Waals surface area contributed by atoms with E-state index in [0.717, 1.165) is 44.4 Å². The van der Waals surface area contributed by atoms with Gasteiger partial charge in [-0.25, -0.2) is 0 Å². The first-order valence-electron chi connectivity index (χ1n) is 17.7. The molecule has 3 nitrogen and oxygen atoms in total. The summed E-state index contributed by atoms with van der Waals surface area (Å²) < 4.78 is 0. The molecule has 0 radical (unpaired) electrons. The van der Waals surface area contributed by atoms with Crippen LogP contribution in [0.25, 0.3) is 61.7 Å². The van der Waals surface area contributed by atoms with Crippen LogP contribution in [-0.2, 0) is 0 Å². The van der Waals surface area contributed by atoms with Crippen LogP contribution in [0.4, 0.5) is 11.4 Å². The Bertz CT molecular complexity index is 2340. The molecule has 0 saturated heterocycles. The number of nitrogen functional groups attached to an aromatic ring is 2. The molecule has 7 aromatic rings. The molecule has 0 bridgehead atoms. The Balaban J connectivity index is 0. The van der Waals surface area contributed by atoms with Gasteiger partial charge < -0.3 is 31.7 Å². The molecule has 292 valence electrons. The molecule has 0 aromatic heterocycles. The summed E-state index contributed by atoms with van der Waals surface area (Å²) in [7, 11) is 0. The van der Waals surface area contributed by atoms with Crippen molar-refractivity contribution >= 4 is 119 Å². The van der Waals surface area contributed by atoms with Crippen LogP contribution < -0.4 is 11.5 Å². The van der Waals surface area contributed by atoms with E-state index in [-0.39, 0.29) is 52.6 Å². The minimum Gasteiger partial charge on any atom is -0.449 e. The maximum absolute atomic E-state index is 5.90. The van der Waals surface area contributed by atoms with Crippen molar-refractivity contribution < 1.29 is 0 Å². The SMILES string of the molecule is C=C.C=Cc1c(C)ccc(-c2ccc(C=C)c3ccccc23)c1/C=C\S.C=N.CC.Cc1[c-]cc2cc(N)ccc2c1N.Cc1ccc2ccccc2c1.[CH3-].[CH3-].[Ca+2]. The Hall–Kier alpha value is -4.84. The summed E-state index contributed by atoms with van der Waals surface area (Å²) in [6.45, 7) is 26.6. The number of nitrogens with one attached hydrogen (secondary N) is 1. The van der Waals surface area contributed by atoms with E-state index in [1.54, 1.807) is 5.41 Å². The number of thiol groups is 1. The number of benzene rings is 7. The second kappa shape index (κ2) is 28.5. The molecule has 0 amide bonds. The summed E-state index contributed by atoms with van der Waals surface area (Å²) in [5, 5.41) is 14.5. The minimum atomic E-state index is 0. The van der Waals surface area contributed by atoms with Crippen molar-refractivity contribution in [3.05, 3.63) is 201 Å². The molecule has 0 aliphatic heterocycles. The monoisotopic (exact) mass is 798 g/mol. The molecule has 0 unspecified atom stereocenters. The summed E-state index contributed by atoms with van der Waals surface area (Å²) in [6, 6.07) is 42.7. The maximum atomic E-state index is 5.90. The van der Waals surface area contributed by atoms with Crippen molar-refractivity contribution in [3.63, 3.8) is 0 Å². The van der Waals surface area contributed by atoms with Gasteiger partial charge in [-0.2, -0.15) is 24.8 Å². The van der Waals surface area contributed by atoms with E-state index in [4.69, 9.17) is 16.9 Å². The van der Waals surface area contributed by atoms with Gasteiger partial charge >= 0.3 is 37.7 Å². The van der Waals surface area contributed by atoms with Crippen molar-refractivity contribution in [1.82, 2.24) is 0 Å². The third kappa shape index (κ3) is 14.2. The summed E-state index contributed by atoms with van der Waals surface area (Å²) in [5.41, 5.74) is 22.5.